The Morgan fingerprint density at radius 2 is 1.89 bits per heavy atom. The van der Waals surface area contributed by atoms with Crippen LogP contribution in [0.5, 0.6) is 17.2 Å². The van der Waals surface area contributed by atoms with Crippen molar-refractivity contribution >= 4 is 28.3 Å². The SMILES string of the molecule is CCOc1cc(Oc2cccc(I)c2)ccc1N. The lowest BCUT2D eigenvalue weighted by Gasteiger charge is -2.10. The van der Waals surface area contributed by atoms with Gasteiger partial charge in [0.15, 0.2) is 0 Å². The lowest BCUT2D eigenvalue weighted by molar-refractivity contribution is 0.340. The van der Waals surface area contributed by atoms with Crippen molar-refractivity contribution in [3.05, 3.63) is 46.0 Å². The van der Waals surface area contributed by atoms with Gasteiger partial charge in [-0.15, -0.1) is 0 Å². The lowest BCUT2D eigenvalue weighted by atomic mass is 10.3. The second-order valence-electron chi connectivity index (χ2n) is 3.69. The van der Waals surface area contributed by atoms with E-state index in [1.807, 2.05) is 37.3 Å². The van der Waals surface area contributed by atoms with E-state index in [-0.39, 0.29) is 0 Å². The summed E-state index contributed by atoms with van der Waals surface area (Å²) in [6, 6.07) is 13.3. The fraction of sp³-hybridized carbons (Fsp3) is 0.143. The standard InChI is InChI=1S/C14H14INO2/c1-2-17-14-9-12(6-7-13(14)16)18-11-5-3-4-10(15)8-11/h3-9H,2,16H2,1H3. The summed E-state index contributed by atoms with van der Waals surface area (Å²) in [6.45, 7) is 2.50. The molecule has 0 radical (unpaired) electrons. The smallest absolute Gasteiger partial charge is 0.145 e. The van der Waals surface area contributed by atoms with Gasteiger partial charge in [-0.3, -0.25) is 0 Å². The molecular weight excluding hydrogens is 341 g/mol. The van der Waals surface area contributed by atoms with Crippen molar-refractivity contribution in [3.63, 3.8) is 0 Å². The summed E-state index contributed by atoms with van der Waals surface area (Å²) < 4.78 is 12.3. The van der Waals surface area contributed by atoms with E-state index in [2.05, 4.69) is 22.6 Å². The summed E-state index contributed by atoms with van der Waals surface area (Å²) in [7, 11) is 0. The van der Waals surface area contributed by atoms with Crippen molar-refractivity contribution in [3.8, 4) is 17.2 Å². The molecule has 0 saturated heterocycles. The van der Waals surface area contributed by atoms with Gasteiger partial charge in [-0.2, -0.15) is 0 Å². The minimum Gasteiger partial charge on any atom is -0.492 e. The Labute approximate surface area is 120 Å². The van der Waals surface area contributed by atoms with E-state index in [4.69, 9.17) is 15.2 Å². The van der Waals surface area contributed by atoms with Crippen molar-refractivity contribution in [2.24, 2.45) is 0 Å². The first-order valence-electron chi connectivity index (χ1n) is 5.65. The van der Waals surface area contributed by atoms with Crippen LogP contribution < -0.4 is 15.2 Å². The molecule has 4 heteroatoms. The maximum atomic E-state index is 5.81. The molecular formula is C14H14INO2. The van der Waals surface area contributed by atoms with Crippen molar-refractivity contribution in [2.75, 3.05) is 12.3 Å². The van der Waals surface area contributed by atoms with Gasteiger partial charge in [0, 0.05) is 9.64 Å². The number of nitrogen functional groups attached to an aromatic ring is 1. The van der Waals surface area contributed by atoms with Crippen LogP contribution in [0.2, 0.25) is 0 Å². The Morgan fingerprint density at radius 1 is 1.11 bits per heavy atom. The second kappa shape index (κ2) is 5.95. The normalized spacial score (nSPS) is 10.1. The summed E-state index contributed by atoms with van der Waals surface area (Å²) in [5.41, 5.74) is 6.43. The number of rotatable bonds is 4. The van der Waals surface area contributed by atoms with Crippen molar-refractivity contribution in [1.29, 1.82) is 0 Å². The number of nitrogens with two attached hydrogens (primary N) is 1. The Bertz CT molecular complexity index is 543. The third kappa shape index (κ3) is 3.29. The Morgan fingerprint density at radius 3 is 2.61 bits per heavy atom. The van der Waals surface area contributed by atoms with E-state index in [0.717, 1.165) is 15.1 Å². The second-order valence-corrected chi connectivity index (χ2v) is 4.94. The first-order valence-corrected chi connectivity index (χ1v) is 6.72. The summed E-state index contributed by atoms with van der Waals surface area (Å²) in [5, 5.41) is 0. The summed E-state index contributed by atoms with van der Waals surface area (Å²) in [4.78, 5) is 0. The molecule has 94 valence electrons. The van der Waals surface area contributed by atoms with Crippen LogP contribution >= 0.6 is 22.6 Å². The molecule has 0 aromatic heterocycles. The zero-order valence-electron chi connectivity index (χ0n) is 10.0. The van der Waals surface area contributed by atoms with Gasteiger partial charge in [-0.05, 0) is 59.8 Å². The topological polar surface area (TPSA) is 44.5 Å². The Balaban J connectivity index is 2.21. The van der Waals surface area contributed by atoms with Crippen LogP contribution in [0.1, 0.15) is 6.92 Å². The monoisotopic (exact) mass is 355 g/mol. The molecule has 3 nitrogen and oxygen atoms in total. The van der Waals surface area contributed by atoms with E-state index in [9.17, 15) is 0 Å². The molecule has 0 saturated carbocycles. The highest BCUT2D eigenvalue weighted by molar-refractivity contribution is 14.1. The highest BCUT2D eigenvalue weighted by Gasteiger charge is 2.04. The lowest BCUT2D eigenvalue weighted by Crippen LogP contribution is -1.97. The number of anilines is 1. The minimum absolute atomic E-state index is 0.580. The third-order valence-electron chi connectivity index (χ3n) is 2.32. The molecule has 2 aromatic carbocycles. The molecule has 2 aromatic rings. The molecule has 0 amide bonds. The van der Waals surface area contributed by atoms with Crippen molar-refractivity contribution < 1.29 is 9.47 Å². The molecule has 0 bridgehead atoms. The average molecular weight is 355 g/mol. The maximum absolute atomic E-state index is 5.81. The van der Waals surface area contributed by atoms with Gasteiger partial charge in [0.2, 0.25) is 0 Å². The first kappa shape index (κ1) is 13.0. The van der Waals surface area contributed by atoms with Crippen molar-refractivity contribution in [2.45, 2.75) is 6.92 Å². The molecule has 0 aliphatic carbocycles. The van der Waals surface area contributed by atoms with E-state index >= 15 is 0 Å². The fourth-order valence-electron chi connectivity index (χ4n) is 1.53. The van der Waals surface area contributed by atoms with Gasteiger partial charge in [0.1, 0.15) is 17.2 Å². The Hall–Kier alpha value is -1.43. The molecule has 18 heavy (non-hydrogen) atoms. The Kier molecular flexibility index (Phi) is 4.30. The molecule has 2 rings (SSSR count). The van der Waals surface area contributed by atoms with Gasteiger partial charge >= 0.3 is 0 Å². The first-order chi connectivity index (χ1) is 8.69. The average Bonchev–Trinajstić information content (AvgIpc) is 2.34. The summed E-state index contributed by atoms with van der Waals surface area (Å²) in [5.74, 6) is 2.17. The number of hydrogen-bond acceptors (Lipinski definition) is 3. The number of benzene rings is 2. The van der Waals surface area contributed by atoms with Crippen LogP contribution in [0.4, 0.5) is 5.69 Å². The van der Waals surface area contributed by atoms with E-state index < -0.39 is 0 Å². The fourth-order valence-corrected chi connectivity index (χ4v) is 2.04. The molecule has 0 spiro atoms. The highest BCUT2D eigenvalue weighted by atomic mass is 127. The minimum atomic E-state index is 0.580. The van der Waals surface area contributed by atoms with Gasteiger partial charge in [-0.1, -0.05) is 6.07 Å². The molecule has 0 aliphatic heterocycles. The van der Waals surface area contributed by atoms with Gasteiger partial charge < -0.3 is 15.2 Å². The number of ether oxygens (including phenoxy) is 2. The van der Waals surface area contributed by atoms with Gasteiger partial charge in [0.05, 0.1) is 12.3 Å². The van der Waals surface area contributed by atoms with Gasteiger partial charge in [-0.25, -0.2) is 0 Å². The molecule has 0 fully saturated rings. The van der Waals surface area contributed by atoms with E-state index in [1.54, 1.807) is 12.1 Å². The zero-order valence-corrected chi connectivity index (χ0v) is 12.2. The van der Waals surface area contributed by atoms with E-state index in [0.29, 0.717) is 18.0 Å². The largest absolute Gasteiger partial charge is 0.492 e. The van der Waals surface area contributed by atoms with Crippen LogP contribution in [0.15, 0.2) is 42.5 Å². The molecule has 0 aliphatic rings. The van der Waals surface area contributed by atoms with E-state index in [1.165, 1.54) is 0 Å². The molecule has 0 unspecified atom stereocenters. The van der Waals surface area contributed by atoms with Crippen LogP contribution in [0.25, 0.3) is 0 Å². The molecule has 0 heterocycles. The maximum Gasteiger partial charge on any atom is 0.145 e. The zero-order chi connectivity index (χ0) is 13.0. The number of halogens is 1. The quantitative estimate of drug-likeness (QED) is 0.664. The van der Waals surface area contributed by atoms with Crippen LogP contribution in [-0.4, -0.2) is 6.61 Å². The summed E-state index contributed by atoms with van der Waals surface area (Å²) in [6.07, 6.45) is 0. The van der Waals surface area contributed by atoms with Crippen molar-refractivity contribution in [1.82, 2.24) is 0 Å². The predicted octanol–water partition coefficient (Wildman–Crippen LogP) is 4.06. The number of hydrogen-bond donors (Lipinski definition) is 1. The molecule has 2 N–H and O–H groups in total. The highest BCUT2D eigenvalue weighted by Crippen LogP contribution is 2.30. The van der Waals surface area contributed by atoms with Crippen LogP contribution in [-0.2, 0) is 0 Å². The van der Waals surface area contributed by atoms with Crippen LogP contribution in [0, 0.1) is 3.57 Å². The third-order valence-corrected chi connectivity index (χ3v) is 2.99. The predicted molar refractivity (Wildman–Crippen MR) is 81.3 cm³/mol. The van der Waals surface area contributed by atoms with Crippen LogP contribution in [0.3, 0.4) is 0 Å². The summed E-state index contributed by atoms with van der Waals surface area (Å²) >= 11 is 2.25. The molecule has 0 atom stereocenters. The van der Waals surface area contributed by atoms with Gasteiger partial charge in [0.25, 0.3) is 0 Å².